The molecule has 0 fully saturated rings. The van der Waals surface area contributed by atoms with Crippen LogP contribution in [0.4, 0.5) is 18.9 Å². The second-order valence-electron chi connectivity index (χ2n) is 6.94. The Hall–Kier alpha value is -2.83. The number of nitrogens with zero attached hydrogens (tertiary/aromatic N) is 3. The number of aromatic nitrogens is 3. The number of anilines is 1. The maximum atomic E-state index is 12.9. The number of hydrogen-bond donors (Lipinski definition) is 2. The summed E-state index contributed by atoms with van der Waals surface area (Å²) in [5.74, 6) is -0.506. The summed E-state index contributed by atoms with van der Waals surface area (Å²) in [6.07, 6.45) is -2.95. The molecule has 1 atom stereocenters. The van der Waals surface area contributed by atoms with Gasteiger partial charge in [0.15, 0.2) is 11.0 Å². The average Bonchev–Trinajstić information content (AvgIpc) is 3.44. The highest BCUT2D eigenvalue weighted by Crippen LogP contribution is 2.34. The Kier molecular flexibility index (Phi) is 8.39. The van der Waals surface area contributed by atoms with E-state index in [-0.39, 0.29) is 22.4 Å². The highest BCUT2D eigenvalue weighted by molar-refractivity contribution is 7.99. The quantitative estimate of drug-likeness (QED) is 0.285. The van der Waals surface area contributed by atoms with Gasteiger partial charge in [-0.2, -0.15) is 13.2 Å². The predicted molar refractivity (Wildman–Crippen MR) is 126 cm³/mol. The molecule has 0 aliphatic heterocycles. The standard InChI is InChI=1S/C21H19ClF3N5O2S2/c1-3-8-30-18(12(2)26-19(32)16-5-4-9-33-16)28-29-20(30)34-11-17(31)27-15-10-13(21(23,24)25)6-7-14(15)22/h3-7,9-10,12H,1,8,11H2,2H3,(H,26,32)(H,27,31)/t12-/m1/s1. The molecular formula is C21H19ClF3N5O2S2. The zero-order valence-electron chi connectivity index (χ0n) is 17.7. The van der Waals surface area contributed by atoms with Crippen molar-refractivity contribution in [3.05, 3.63) is 69.7 Å². The average molecular weight is 530 g/mol. The van der Waals surface area contributed by atoms with Gasteiger partial charge in [-0.25, -0.2) is 0 Å². The molecule has 34 heavy (non-hydrogen) atoms. The van der Waals surface area contributed by atoms with Gasteiger partial charge in [0, 0.05) is 6.54 Å². The van der Waals surface area contributed by atoms with Gasteiger partial charge in [0.05, 0.1) is 32.9 Å². The minimum absolute atomic E-state index is 0.0150. The molecule has 0 radical (unpaired) electrons. The minimum Gasteiger partial charge on any atom is -0.342 e. The lowest BCUT2D eigenvalue weighted by atomic mass is 10.2. The molecule has 2 heterocycles. The van der Waals surface area contributed by atoms with Crippen LogP contribution in [-0.4, -0.2) is 32.3 Å². The van der Waals surface area contributed by atoms with Crippen LogP contribution < -0.4 is 10.6 Å². The zero-order chi connectivity index (χ0) is 24.9. The van der Waals surface area contributed by atoms with E-state index in [1.54, 1.807) is 35.1 Å². The molecule has 13 heteroatoms. The van der Waals surface area contributed by atoms with Crippen LogP contribution in [0.3, 0.4) is 0 Å². The Morgan fingerprint density at radius 1 is 1.32 bits per heavy atom. The van der Waals surface area contributed by atoms with E-state index in [1.807, 2.05) is 0 Å². The Balaban J connectivity index is 1.68. The Labute approximate surface area is 206 Å². The maximum Gasteiger partial charge on any atom is 0.416 e. The molecule has 0 bridgehead atoms. The van der Waals surface area contributed by atoms with Crippen LogP contribution in [0.1, 0.15) is 34.0 Å². The number of benzene rings is 1. The molecule has 0 saturated heterocycles. The SMILES string of the molecule is C=CCn1c(SCC(=O)Nc2cc(C(F)(F)F)ccc2Cl)nnc1[C@@H](C)NC(=O)c1cccs1. The van der Waals surface area contributed by atoms with Crippen molar-refractivity contribution in [2.45, 2.75) is 30.8 Å². The summed E-state index contributed by atoms with van der Waals surface area (Å²) in [5, 5.41) is 15.6. The summed E-state index contributed by atoms with van der Waals surface area (Å²) in [5.41, 5.74) is -1.06. The third-order valence-electron chi connectivity index (χ3n) is 4.44. The predicted octanol–water partition coefficient (Wildman–Crippen LogP) is 5.42. The molecule has 1 aromatic carbocycles. The van der Waals surface area contributed by atoms with E-state index in [0.29, 0.717) is 22.4 Å². The summed E-state index contributed by atoms with van der Waals surface area (Å²) in [7, 11) is 0. The molecule has 0 spiro atoms. The highest BCUT2D eigenvalue weighted by atomic mass is 35.5. The van der Waals surface area contributed by atoms with Crippen molar-refractivity contribution in [2.75, 3.05) is 11.1 Å². The van der Waals surface area contributed by atoms with Gasteiger partial charge in [-0.05, 0) is 36.6 Å². The van der Waals surface area contributed by atoms with Crippen molar-refractivity contribution < 1.29 is 22.8 Å². The number of thioether (sulfide) groups is 1. The van der Waals surface area contributed by atoms with Gasteiger partial charge < -0.3 is 15.2 Å². The fraction of sp³-hybridized carbons (Fsp3) is 0.238. The molecular weight excluding hydrogens is 511 g/mol. The van der Waals surface area contributed by atoms with Crippen LogP contribution >= 0.6 is 34.7 Å². The molecule has 0 saturated carbocycles. The normalized spacial score (nSPS) is 12.3. The van der Waals surface area contributed by atoms with E-state index in [4.69, 9.17) is 11.6 Å². The van der Waals surface area contributed by atoms with Gasteiger partial charge in [-0.1, -0.05) is 35.5 Å². The number of rotatable bonds is 9. The maximum absolute atomic E-state index is 12.9. The van der Waals surface area contributed by atoms with E-state index in [0.717, 1.165) is 30.0 Å². The molecule has 2 aromatic heterocycles. The summed E-state index contributed by atoms with van der Waals surface area (Å²) in [6, 6.07) is 5.70. The Bertz CT molecular complexity index is 1180. The van der Waals surface area contributed by atoms with Gasteiger partial charge >= 0.3 is 6.18 Å². The molecule has 0 aliphatic rings. The number of halogens is 4. The molecule has 0 aliphatic carbocycles. The Morgan fingerprint density at radius 2 is 2.09 bits per heavy atom. The first-order chi connectivity index (χ1) is 16.1. The first-order valence-corrected chi connectivity index (χ1v) is 12.0. The number of alkyl halides is 3. The second-order valence-corrected chi connectivity index (χ2v) is 9.24. The summed E-state index contributed by atoms with van der Waals surface area (Å²) in [6.45, 7) is 5.79. The van der Waals surface area contributed by atoms with Crippen LogP contribution in [-0.2, 0) is 17.5 Å². The van der Waals surface area contributed by atoms with Crippen molar-refractivity contribution in [1.82, 2.24) is 20.1 Å². The largest absolute Gasteiger partial charge is 0.416 e. The van der Waals surface area contributed by atoms with Gasteiger partial charge in [-0.15, -0.1) is 28.1 Å². The topological polar surface area (TPSA) is 88.9 Å². The Morgan fingerprint density at radius 3 is 2.74 bits per heavy atom. The summed E-state index contributed by atoms with van der Waals surface area (Å²) < 4.78 is 40.5. The second kappa shape index (κ2) is 11.1. The molecule has 3 aromatic rings. The zero-order valence-corrected chi connectivity index (χ0v) is 20.1. The molecule has 3 rings (SSSR count). The minimum atomic E-state index is -4.56. The highest BCUT2D eigenvalue weighted by Gasteiger charge is 2.31. The van der Waals surface area contributed by atoms with Gasteiger partial charge in [0.1, 0.15) is 0 Å². The molecule has 2 amide bonds. The van der Waals surface area contributed by atoms with Gasteiger partial charge in [0.25, 0.3) is 5.91 Å². The molecule has 180 valence electrons. The molecule has 7 nitrogen and oxygen atoms in total. The first-order valence-electron chi connectivity index (χ1n) is 9.78. The fourth-order valence-corrected chi connectivity index (χ4v) is 4.43. The van der Waals surface area contributed by atoms with Crippen molar-refractivity contribution in [3.63, 3.8) is 0 Å². The van der Waals surface area contributed by atoms with Gasteiger partial charge in [-0.3, -0.25) is 9.59 Å². The van der Waals surface area contributed by atoms with Crippen LogP contribution in [0, 0.1) is 0 Å². The lowest BCUT2D eigenvalue weighted by Gasteiger charge is -2.15. The van der Waals surface area contributed by atoms with Gasteiger partial charge in [0.2, 0.25) is 5.91 Å². The lowest BCUT2D eigenvalue weighted by Crippen LogP contribution is -2.28. The number of thiophene rings is 1. The summed E-state index contributed by atoms with van der Waals surface area (Å²) in [4.78, 5) is 25.3. The van der Waals surface area contributed by atoms with Crippen LogP contribution in [0.25, 0.3) is 0 Å². The number of amides is 2. The van der Waals surface area contributed by atoms with E-state index in [2.05, 4.69) is 27.4 Å². The number of hydrogen-bond acceptors (Lipinski definition) is 6. The molecule has 2 N–H and O–H groups in total. The molecule has 0 unspecified atom stereocenters. The smallest absolute Gasteiger partial charge is 0.342 e. The number of carbonyl (C=O) groups is 2. The third kappa shape index (κ3) is 6.39. The van der Waals surface area contributed by atoms with Crippen molar-refractivity contribution in [3.8, 4) is 0 Å². The van der Waals surface area contributed by atoms with Crippen molar-refractivity contribution >= 4 is 52.2 Å². The van der Waals surface area contributed by atoms with E-state index in [9.17, 15) is 22.8 Å². The number of allylic oxidation sites excluding steroid dienone is 1. The fourth-order valence-electron chi connectivity index (χ4n) is 2.88. The van der Waals surface area contributed by atoms with Crippen molar-refractivity contribution in [1.29, 1.82) is 0 Å². The summed E-state index contributed by atoms with van der Waals surface area (Å²) >= 11 is 8.28. The number of carbonyl (C=O) groups excluding carboxylic acids is 2. The lowest BCUT2D eigenvalue weighted by molar-refractivity contribution is -0.137. The number of nitrogens with one attached hydrogen (secondary N) is 2. The van der Waals surface area contributed by atoms with Crippen LogP contribution in [0.5, 0.6) is 0 Å². The van der Waals surface area contributed by atoms with Crippen LogP contribution in [0.15, 0.2) is 53.5 Å². The van der Waals surface area contributed by atoms with Crippen molar-refractivity contribution in [2.24, 2.45) is 0 Å². The monoisotopic (exact) mass is 529 g/mol. The third-order valence-corrected chi connectivity index (χ3v) is 6.60. The van der Waals surface area contributed by atoms with E-state index < -0.39 is 23.7 Å². The van der Waals surface area contributed by atoms with Crippen LogP contribution in [0.2, 0.25) is 5.02 Å². The first kappa shape index (κ1) is 25.8. The van der Waals surface area contributed by atoms with E-state index in [1.165, 1.54) is 11.3 Å². The van der Waals surface area contributed by atoms with E-state index >= 15 is 0 Å².